The Morgan fingerprint density at radius 1 is 0.424 bits per heavy atom. The summed E-state index contributed by atoms with van der Waals surface area (Å²) in [7, 11) is 0. The van der Waals surface area contributed by atoms with Crippen molar-refractivity contribution in [3.05, 3.63) is 0 Å². The van der Waals surface area contributed by atoms with Gasteiger partial charge in [-0.25, -0.2) is 0 Å². The fourth-order valence-corrected chi connectivity index (χ4v) is 6.41. The number of hydrogen-bond donors (Lipinski definition) is 0. The SMILES string of the molecule is CCCCCCCCCC[N+](CCCCCCCC)(CCCCCCCC)[Ti][O]CC.[Cl-].[Cl-]. The van der Waals surface area contributed by atoms with Gasteiger partial charge in [-0.15, -0.1) is 0 Å². The molecule has 0 aromatic heterocycles. The van der Waals surface area contributed by atoms with E-state index < -0.39 is 0 Å². The average Bonchev–Trinajstić information content (AvgIpc) is 2.78. The zero-order valence-corrected chi connectivity index (χ0v) is 26.2. The second kappa shape index (κ2) is 31.2. The van der Waals surface area contributed by atoms with Crippen LogP contribution in [0, 0.1) is 0 Å². The number of halogens is 2. The topological polar surface area (TPSA) is 9.23 Å². The van der Waals surface area contributed by atoms with E-state index in [0.717, 1.165) is 6.61 Å². The molecule has 0 aliphatic carbocycles. The van der Waals surface area contributed by atoms with E-state index in [-0.39, 0.29) is 44.6 Å². The molecule has 0 saturated heterocycles. The van der Waals surface area contributed by atoms with Gasteiger partial charge in [0.05, 0.1) is 0 Å². The summed E-state index contributed by atoms with van der Waals surface area (Å²) < 4.78 is 7.58. The molecule has 5 heteroatoms. The molecule has 0 aromatic rings. The number of quaternary nitrogens is 1. The van der Waals surface area contributed by atoms with E-state index in [1.54, 1.807) is 0 Å². The van der Waals surface area contributed by atoms with Crippen LogP contribution in [0.4, 0.5) is 0 Å². The molecule has 2 nitrogen and oxygen atoms in total. The van der Waals surface area contributed by atoms with E-state index in [1.807, 2.05) is 0 Å². The van der Waals surface area contributed by atoms with Gasteiger partial charge in [0.15, 0.2) is 0 Å². The summed E-state index contributed by atoms with van der Waals surface area (Å²) in [5.41, 5.74) is 0. The molecule has 0 amide bonds. The summed E-state index contributed by atoms with van der Waals surface area (Å²) in [5, 5.41) is 0. The van der Waals surface area contributed by atoms with Gasteiger partial charge < -0.3 is 24.8 Å². The van der Waals surface area contributed by atoms with Crippen molar-refractivity contribution >= 4 is 0 Å². The second-order valence-electron chi connectivity index (χ2n) is 9.85. The molecule has 0 unspecified atom stereocenters. The predicted octanol–water partition coefficient (Wildman–Crippen LogP) is 3.62. The molecule has 0 heterocycles. The third kappa shape index (κ3) is 26.1. The molecule has 0 atom stereocenters. The van der Waals surface area contributed by atoms with Gasteiger partial charge in [0.2, 0.25) is 0 Å². The molecule has 0 radical (unpaired) electrons. The molecule has 0 aliphatic rings. The van der Waals surface area contributed by atoms with Gasteiger partial charge in [0, 0.05) is 0 Å². The van der Waals surface area contributed by atoms with Crippen LogP contribution in [-0.2, 0) is 23.1 Å². The fourth-order valence-electron chi connectivity index (χ4n) is 4.61. The molecule has 0 aromatic carbocycles. The van der Waals surface area contributed by atoms with Crippen LogP contribution < -0.4 is 24.8 Å². The van der Waals surface area contributed by atoms with Crippen LogP contribution in [0.1, 0.15) is 156 Å². The van der Waals surface area contributed by atoms with Gasteiger partial charge in [0.1, 0.15) is 0 Å². The Hall–Kier alpha value is 1.21. The quantitative estimate of drug-likeness (QED) is 0.119. The van der Waals surface area contributed by atoms with Gasteiger partial charge in [-0.05, 0) is 0 Å². The summed E-state index contributed by atoms with van der Waals surface area (Å²) in [5.74, 6) is 0. The summed E-state index contributed by atoms with van der Waals surface area (Å²) in [6.45, 7) is 14.3. The van der Waals surface area contributed by atoms with Crippen molar-refractivity contribution in [3.8, 4) is 0 Å². The Bertz CT molecular complexity index is 332. The number of rotatable bonds is 26. The molecule has 0 aliphatic heterocycles. The maximum Gasteiger partial charge on any atom is -1.00 e. The molecule has 0 rings (SSSR count). The molecular weight excluding hydrogens is 485 g/mol. The average molecular weight is 546 g/mol. The van der Waals surface area contributed by atoms with Gasteiger partial charge in [-0.3, -0.25) is 0 Å². The van der Waals surface area contributed by atoms with Crippen molar-refractivity contribution in [1.82, 2.24) is 0 Å². The molecular formula is C28H60Cl2NOTi-. The third-order valence-corrected chi connectivity index (χ3v) is 9.03. The first-order valence-corrected chi connectivity index (χ1v) is 15.8. The molecule has 33 heavy (non-hydrogen) atoms. The first-order valence-electron chi connectivity index (χ1n) is 14.5. The van der Waals surface area contributed by atoms with Crippen LogP contribution in [-0.4, -0.2) is 29.2 Å². The van der Waals surface area contributed by atoms with E-state index in [0.29, 0.717) is 0 Å². The van der Waals surface area contributed by atoms with Crippen LogP contribution in [0.25, 0.3) is 0 Å². The zero-order chi connectivity index (χ0) is 22.9. The Kier molecular flexibility index (Phi) is 36.7. The molecule has 0 bridgehead atoms. The van der Waals surface area contributed by atoms with Crippen LogP contribution in [0.3, 0.4) is 0 Å². The Morgan fingerprint density at radius 3 is 0.970 bits per heavy atom. The van der Waals surface area contributed by atoms with E-state index in [4.69, 9.17) is 3.32 Å². The first-order chi connectivity index (χ1) is 15.2. The zero-order valence-electron chi connectivity index (χ0n) is 23.1. The smallest absolute Gasteiger partial charge is 1.00 e. The maximum absolute atomic E-state index is 6.21. The Labute approximate surface area is 232 Å². The van der Waals surface area contributed by atoms with E-state index in [2.05, 4.69) is 27.7 Å². The van der Waals surface area contributed by atoms with Gasteiger partial charge >= 0.3 is 208 Å². The molecule has 0 saturated carbocycles. The largest absolute Gasteiger partial charge is 1.00 e. The van der Waals surface area contributed by atoms with Gasteiger partial charge in [0.25, 0.3) is 0 Å². The molecule has 0 fully saturated rings. The minimum atomic E-state index is -0.339. The Morgan fingerprint density at radius 2 is 0.697 bits per heavy atom. The summed E-state index contributed by atoms with van der Waals surface area (Å²) >= 11 is -0.339. The number of nitrogens with zero attached hydrogens (tertiary/aromatic N) is 1. The standard InChI is InChI=1S/C26H55N.C2H5O.2ClH.Ti/c1-4-7-10-13-16-17-20-23-26-27(24-21-18-14-11-8-5-2)25-22-19-15-12-9-6-3;1-2-3;;;/h4-26H2,1-3H3;2H2,1H3;2*1H;/q;-1;;;+2/p-2. The third-order valence-electron chi connectivity index (χ3n) is 6.72. The maximum atomic E-state index is 6.21. The summed E-state index contributed by atoms with van der Waals surface area (Å²) in [6, 6.07) is 0. The molecule has 0 spiro atoms. The van der Waals surface area contributed by atoms with Crippen LogP contribution in [0.2, 0.25) is 0 Å². The minimum absolute atomic E-state index is 0. The number of hydrogen-bond acceptors (Lipinski definition) is 1. The monoisotopic (exact) mass is 544 g/mol. The predicted molar refractivity (Wildman–Crippen MR) is 136 cm³/mol. The van der Waals surface area contributed by atoms with Crippen molar-refractivity contribution in [3.63, 3.8) is 0 Å². The minimum Gasteiger partial charge on any atom is -1.00 e. The van der Waals surface area contributed by atoms with Gasteiger partial charge in [-0.1, -0.05) is 0 Å². The van der Waals surface area contributed by atoms with E-state index in [1.165, 1.54) is 151 Å². The van der Waals surface area contributed by atoms with Crippen molar-refractivity contribution in [2.24, 2.45) is 0 Å². The normalized spacial score (nSPS) is 11.2. The van der Waals surface area contributed by atoms with Crippen molar-refractivity contribution < 1.29 is 50.9 Å². The van der Waals surface area contributed by atoms with Crippen LogP contribution in [0.15, 0.2) is 0 Å². The van der Waals surface area contributed by atoms with Crippen molar-refractivity contribution in [2.75, 3.05) is 26.2 Å². The molecule has 0 N–H and O–H groups in total. The van der Waals surface area contributed by atoms with Crippen LogP contribution in [0.5, 0.6) is 0 Å². The molecule has 202 valence electrons. The van der Waals surface area contributed by atoms with E-state index in [9.17, 15) is 0 Å². The van der Waals surface area contributed by atoms with Gasteiger partial charge in [-0.2, -0.15) is 0 Å². The summed E-state index contributed by atoms with van der Waals surface area (Å²) in [4.78, 5) is 0. The van der Waals surface area contributed by atoms with Crippen LogP contribution >= 0.6 is 0 Å². The number of unbranched alkanes of at least 4 members (excludes halogenated alkanes) is 17. The fraction of sp³-hybridized carbons (Fsp3) is 1.00. The van der Waals surface area contributed by atoms with Crippen molar-refractivity contribution in [1.29, 1.82) is 0 Å². The second-order valence-corrected chi connectivity index (χ2v) is 12.1. The first kappa shape index (κ1) is 38.7. The van der Waals surface area contributed by atoms with Crippen molar-refractivity contribution in [2.45, 2.75) is 156 Å². The van der Waals surface area contributed by atoms with E-state index >= 15 is 0 Å². The summed E-state index contributed by atoms with van der Waals surface area (Å²) in [6.07, 6.45) is 28.5. The Balaban J connectivity index is -0.00000450.